The molecule has 0 saturated carbocycles. The van der Waals surface area contributed by atoms with Gasteiger partial charge in [-0.05, 0) is 43.3 Å². The van der Waals surface area contributed by atoms with Crippen molar-refractivity contribution in [2.75, 3.05) is 45.3 Å². The minimum absolute atomic E-state index is 0.0182. The van der Waals surface area contributed by atoms with Gasteiger partial charge in [0.1, 0.15) is 16.4 Å². The lowest BCUT2D eigenvalue weighted by molar-refractivity contribution is 0.0729. The summed E-state index contributed by atoms with van der Waals surface area (Å²) in [5.74, 6) is 0.432. The number of hydrogen-bond donors (Lipinski definition) is 1. The number of ether oxygens (including phenoxy) is 3. The van der Waals surface area contributed by atoms with Gasteiger partial charge in [0.15, 0.2) is 0 Å². The third kappa shape index (κ3) is 4.87. The first kappa shape index (κ1) is 21.1. The van der Waals surface area contributed by atoms with Gasteiger partial charge in [-0.25, -0.2) is 8.42 Å². The van der Waals surface area contributed by atoms with E-state index in [-0.39, 0.29) is 29.6 Å². The van der Waals surface area contributed by atoms with Crippen LogP contribution in [-0.2, 0) is 14.8 Å². The van der Waals surface area contributed by atoms with Crippen molar-refractivity contribution in [1.29, 1.82) is 0 Å². The number of carbonyl (C=O) groups excluding carboxylic acids is 1. The molecule has 3 rings (SSSR count). The lowest BCUT2D eigenvalue weighted by Crippen LogP contribution is -2.40. The zero-order valence-electron chi connectivity index (χ0n) is 16.4. The van der Waals surface area contributed by atoms with Crippen LogP contribution in [0.3, 0.4) is 0 Å². The Labute approximate surface area is 170 Å². The molecule has 9 heteroatoms. The van der Waals surface area contributed by atoms with Crippen LogP contribution in [0.25, 0.3) is 0 Å². The fraction of sp³-hybridized carbons (Fsp3) is 0.350. The molecule has 1 fully saturated rings. The van der Waals surface area contributed by atoms with Crippen LogP contribution < -0.4 is 14.8 Å². The fourth-order valence-corrected chi connectivity index (χ4v) is 4.52. The van der Waals surface area contributed by atoms with Crippen molar-refractivity contribution in [1.82, 2.24) is 4.31 Å². The Bertz CT molecular complexity index is 971. The lowest BCUT2D eigenvalue weighted by atomic mass is 10.2. The van der Waals surface area contributed by atoms with Crippen LogP contribution in [0.15, 0.2) is 47.4 Å². The van der Waals surface area contributed by atoms with E-state index in [1.54, 1.807) is 43.3 Å². The quantitative estimate of drug-likeness (QED) is 0.739. The number of methoxy groups -OCH3 is 1. The third-order valence-corrected chi connectivity index (χ3v) is 6.34. The molecule has 0 radical (unpaired) electrons. The van der Waals surface area contributed by atoms with Crippen LogP contribution >= 0.6 is 0 Å². The third-order valence-electron chi connectivity index (χ3n) is 4.42. The number of hydrogen-bond acceptors (Lipinski definition) is 6. The molecule has 0 aliphatic carbocycles. The number of sulfonamides is 1. The summed E-state index contributed by atoms with van der Waals surface area (Å²) in [6, 6.07) is 11.3. The summed E-state index contributed by atoms with van der Waals surface area (Å²) in [5, 5.41) is 2.74. The zero-order chi connectivity index (χ0) is 20.9. The predicted octanol–water partition coefficient (Wildman–Crippen LogP) is 2.37. The smallest absolute Gasteiger partial charge is 0.255 e. The summed E-state index contributed by atoms with van der Waals surface area (Å²) < 4.78 is 43.5. The zero-order valence-corrected chi connectivity index (χ0v) is 17.2. The second-order valence-corrected chi connectivity index (χ2v) is 8.20. The molecule has 1 aliphatic rings. The van der Waals surface area contributed by atoms with E-state index in [1.165, 1.54) is 17.5 Å². The van der Waals surface area contributed by atoms with E-state index >= 15 is 0 Å². The Hall–Kier alpha value is -2.62. The van der Waals surface area contributed by atoms with E-state index in [2.05, 4.69) is 5.32 Å². The first-order valence-electron chi connectivity index (χ1n) is 9.26. The second kappa shape index (κ2) is 9.25. The van der Waals surface area contributed by atoms with Crippen LogP contribution in [0.4, 0.5) is 5.69 Å². The maximum atomic E-state index is 13.1. The van der Waals surface area contributed by atoms with Gasteiger partial charge in [0.25, 0.3) is 5.91 Å². The van der Waals surface area contributed by atoms with Gasteiger partial charge in [0.05, 0.1) is 26.9 Å². The van der Waals surface area contributed by atoms with E-state index in [0.29, 0.717) is 36.8 Å². The standard InChI is InChI=1S/C20H24N2O6S/c1-3-28-18-8-7-16(21-20(23)15-5-4-6-17(13-15)26-2)14-19(18)29(24,25)22-9-11-27-12-10-22/h4-8,13-14H,3,9-12H2,1-2H3,(H,21,23). The minimum atomic E-state index is -3.79. The largest absolute Gasteiger partial charge is 0.497 e. The highest BCUT2D eigenvalue weighted by Crippen LogP contribution is 2.30. The lowest BCUT2D eigenvalue weighted by Gasteiger charge is -2.27. The van der Waals surface area contributed by atoms with Crippen molar-refractivity contribution in [3.8, 4) is 11.5 Å². The first-order valence-corrected chi connectivity index (χ1v) is 10.7. The van der Waals surface area contributed by atoms with E-state index in [4.69, 9.17) is 14.2 Å². The molecule has 1 heterocycles. The molecule has 0 spiro atoms. The van der Waals surface area contributed by atoms with Crippen molar-refractivity contribution in [3.63, 3.8) is 0 Å². The number of carbonyl (C=O) groups is 1. The van der Waals surface area contributed by atoms with Crippen LogP contribution in [0.1, 0.15) is 17.3 Å². The van der Waals surface area contributed by atoms with Crippen molar-refractivity contribution in [3.05, 3.63) is 48.0 Å². The van der Waals surface area contributed by atoms with E-state index < -0.39 is 10.0 Å². The van der Waals surface area contributed by atoms with Crippen LogP contribution in [0.5, 0.6) is 11.5 Å². The van der Waals surface area contributed by atoms with Gasteiger partial charge in [0.2, 0.25) is 10.0 Å². The molecule has 29 heavy (non-hydrogen) atoms. The molecule has 2 aromatic rings. The summed E-state index contributed by atoms with van der Waals surface area (Å²) in [6.45, 7) is 3.33. The molecule has 0 atom stereocenters. The first-order chi connectivity index (χ1) is 14.0. The summed E-state index contributed by atoms with van der Waals surface area (Å²) in [4.78, 5) is 12.6. The molecule has 1 aliphatic heterocycles. The van der Waals surface area contributed by atoms with Crippen molar-refractivity contribution in [2.45, 2.75) is 11.8 Å². The van der Waals surface area contributed by atoms with Gasteiger partial charge < -0.3 is 19.5 Å². The molecule has 1 amide bonds. The van der Waals surface area contributed by atoms with Crippen LogP contribution in [-0.4, -0.2) is 58.7 Å². The Kier molecular flexibility index (Phi) is 6.73. The molecule has 1 saturated heterocycles. The number of morpholine rings is 1. The molecular weight excluding hydrogens is 396 g/mol. The SMILES string of the molecule is CCOc1ccc(NC(=O)c2cccc(OC)c2)cc1S(=O)(=O)N1CCOCC1. The molecule has 0 unspecified atom stereocenters. The fourth-order valence-electron chi connectivity index (χ4n) is 2.96. The van der Waals surface area contributed by atoms with E-state index in [9.17, 15) is 13.2 Å². The number of nitrogens with zero attached hydrogens (tertiary/aromatic N) is 1. The Morgan fingerprint density at radius 1 is 1.17 bits per heavy atom. The molecule has 2 aromatic carbocycles. The van der Waals surface area contributed by atoms with Crippen molar-refractivity contribution < 1.29 is 27.4 Å². The average Bonchev–Trinajstić information content (AvgIpc) is 2.75. The van der Waals surface area contributed by atoms with Gasteiger partial charge in [-0.15, -0.1) is 0 Å². The molecule has 8 nitrogen and oxygen atoms in total. The number of anilines is 1. The second-order valence-electron chi connectivity index (χ2n) is 6.30. The summed E-state index contributed by atoms with van der Waals surface area (Å²) >= 11 is 0. The van der Waals surface area contributed by atoms with E-state index in [0.717, 1.165) is 0 Å². The van der Waals surface area contributed by atoms with Gasteiger partial charge in [-0.1, -0.05) is 6.07 Å². The number of amides is 1. The predicted molar refractivity (Wildman–Crippen MR) is 108 cm³/mol. The molecule has 0 bridgehead atoms. The summed E-state index contributed by atoms with van der Waals surface area (Å²) in [5.41, 5.74) is 0.754. The topological polar surface area (TPSA) is 94.2 Å². The van der Waals surface area contributed by atoms with Gasteiger partial charge in [-0.3, -0.25) is 4.79 Å². The van der Waals surface area contributed by atoms with Gasteiger partial charge in [-0.2, -0.15) is 4.31 Å². The monoisotopic (exact) mass is 420 g/mol. The summed E-state index contributed by atoms with van der Waals surface area (Å²) in [7, 11) is -2.27. The summed E-state index contributed by atoms with van der Waals surface area (Å²) in [6.07, 6.45) is 0. The average molecular weight is 420 g/mol. The Balaban J connectivity index is 1.90. The highest BCUT2D eigenvalue weighted by molar-refractivity contribution is 7.89. The maximum Gasteiger partial charge on any atom is 0.255 e. The van der Waals surface area contributed by atoms with E-state index in [1.807, 2.05) is 0 Å². The van der Waals surface area contributed by atoms with Crippen LogP contribution in [0.2, 0.25) is 0 Å². The Morgan fingerprint density at radius 2 is 1.93 bits per heavy atom. The number of benzene rings is 2. The number of nitrogens with one attached hydrogen (secondary N) is 1. The molecular formula is C20H24N2O6S. The maximum absolute atomic E-state index is 13.1. The highest BCUT2D eigenvalue weighted by atomic mass is 32.2. The van der Waals surface area contributed by atoms with Gasteiger partial charge in [0, 0.05) is 24.3 Å². The highest BCUT2D eigenvalue weighted by Gasteiger charge is 2.29. The molecule has 0 aromatic heterocycles. The number of rotatable bonds is 7. The minimum Gasteiger partial charge on any atom is -0.497 e. The molecule has 156 valence electrons. The Morgan fingerprint density at radius 3 is 2.62 bits per heavy atom. The molecule has 1 N–H and O–H groups in total. The van der Waals surface area contributed by atoms with Crippen molar-refractivity contribution in [2.24, 2.45) is 0 Å². The van der Waals surface area contributed by atoms with Crippen molar-refractivity contribution >= 4 is 21.6 Å². The van der Waals surface area contributed by atoms with Crippen LogP contribution in [0, 0.1) is 0 Å². The van der Waals surface area contributed by atoms with Gasteiger partial charge >= 0.3 is 0 Å². The normalized spacial score (nSPS) is 15.0.